The van der Waals surface area contributed by atoms with Crippen LogP contribution in [0.1, 0.15) is 28.8 Å². The summed E-state index contributed by atoms with van der Waals surface area (Å²) < 4.78 is 6.47. The van der Waals surface area contributed by atoms with E-state index in [-0.39, 0.29) is 18.0 Å². The van der Waals surface area contributed by atoms with Gasteiger partial charge < -0.3 is 10.5 Å². The van der Waals surface area contributed by atoms with Crippen LogP contribution in [0.2, 0.25) is 0 Å². The van der Waals surface area contributed by atoms with Crippen LogP contribution in [0.4, 0.5) is 5.82 Å². The SMILES string of the molecule is CCOC(=O)c1c(SC)nn(-c2cc(C)nc(C)n2)c1N. The van der Waals surface area contributed by atoms with Crippen LogP contribution in [0, 0.1) is 13.8 Å². The van der Waals surface area contributed by atoms with E-state index in [9.17, 15) is 4.79 Å². The second-order valence-corrected chi connectivity index (χ2v) is 5.11. The van der Waals surface area contributed by atoms with Gasteiger partial charge in [0.2, 0.25) is 0 Å². The first-order valence-corrected chi connectivity index (χ1v) is 7.62. The minimum Gasteiger partial charge on any atom is -0.462 e. The number of ether oxygens (including phenoxy) is 1. The Balaban J connectivity index is 2.58. The number of thioether (sulfide) groups is 1. The lowest BCUT2D eigenvalue weighted by molar-refractivity contribution is 0.0523. The van der Waals surface area contributed by atoms with E-state index in [1.165, 1.54) is 16.4 Å². The van der Waals surface area contributed by atoms with E-state index in [2.05, 4.69) is 15.1 Å². The molecule has 2 heterocycles. The highest BCUT2D eigenvalue weighted by atomic mass is 32.2. The Morgan fingerprint density at radius 1 is 1.43 bits per heavy atom. The van der Waals surface area contributed by atoms with Crippen LogP contribution in [0.25, 0.3) is 5.82 Å². The monoisotopic (exact) mass is 307 g/mol. The first-order chi connectivity index (χ1) is 9.97. The lowest BCUT2D eigenvalue weighted by atomic mass is 10.3. The number of rotatable bonds is 4. The van der Waals surface area contributed by atoms with E-state index in [0.717, 1.165) is 5.69 Å². The van der Waals surface area contributed by atoms with Gasteiger partial charge in [0, 0.05) is 11.8 Å². The average molecular weight is 307 g/mol. The zero-order chi connectivity index (χ0) is 15.6. The van der Waals surface area contributed by atoms with Crippen molar-refractivity contribution in [3.05, 3.63) is 23.1 Å². The molecule has 2 aromatic rings. The standard InChI is InChI=1S/C13H17N5O2S/c1-5-20-13(19)10-11(14)18(17-12(10)21-4)9-6-7(2)15-8(3)16-9/h6H,5,14H2,1-4H3. The van der Waals surface area contributed by atoms with Gasteiger partial charge in [-0.2, -0.15) is 9.78 Å². The molecule has 7 nitrogen and oxygen atoms in total. The molecule has 0 saturated heterocycles. The molecule has 21 heavy (non-hydrogen) atoms. The normalized spacial score (nSPS) is 10.7. The van der Waals surface area contributed by atoms with E-state index in [4.69, 9.17) is 10.5 Å². The molecule has 8 heteroatoms. The van der Waals surface area contributed by atoms with E-state index < -0.39 is 5.97 Å². The van der Waals surface area contributed by atoms with Gasteiger partial charge in [0.15, 0.2) is 5.82 Å². The summed E-state index contributed by atoms with van der Waals surface area (Å²) in [6.45, 7) is 5.68. The van der Waals surface area contributed by atoms with Gasteiger partial charge >= 0.3 is 5.97 Å². The molecule has 0 radical (unpaired) electrons. The van der Waals surface area contributed by atoms with Gasteiger partial charge in [0.1, 0.15) is 22.2 Å². The third kappa shape index (κ3) is 2.99. The molecule has 0 saturated carbocycles. The van der Waals surface area contributed by atoms with Gasteiger partial charge in [-0.05, 0) is 27.0 Å². The van der Waals surface area contributed by atoms with Crippen molar-refractivity contribution in [2.45, 2.75) is 25.8 Å². The molecule has 0 amide bonds. The maximum absolute atomic E-state index is 12.0. The Morgan fingerprint density at radius 2 is 2.14 bits per heavy atom. The largest absolute Gasteiger partial charge is 0.462 e. The van der Waals surface area contributed by atoms with E-state index in [1.54, 1.807) is 19.9 Å². The number of carbonyl (C=O) groups excluding carboxylic acids is 1. The Hall–Kier alpha value is -2.09. The quantitative estimate of drug-likeness (QED) is 0.679. The van der Waals surface area contributed by atoms with Crippen molar-refractivity contribution in [1.29, 1.82) is 0 Å². The van der Waals surface area contributed by atoms with Crippen molar-refractivity contribution in [1.82, 2.24) is 19.7 Å². The molecular weight excluding hydrogens is 290 g/mol. The van der Waals surface area contributed by atoms with Crippen molar-refractivity contribution < 1.29 is 9.53 Å². The number of hydrogen-bond donors (Lipinski definition) is 1. The number of aryl methyl sites for hydroxylation is 2. The summed E-state index contributed by atoms with van der Waals surface area (Å²) in [6, 6.07) is 1.76. The highest BCUT2D eigenvalue weighted by Crippen LogP contribution is 2.27. The molecule has 0 aliphatic carbocycles. The third-order valence-electron chi connectivity index (χ3n) is 2.73. The average Bonchev–Trinajstić information content (AvgIpc) is 2.75. The molecule has 0 atom stereocenters. The molecule has 0 aliphatic rings. The van der Waals surface area contributed by atoms with Crippen LogP contribution in [0.3, 0.4) is 0 Å². The molecule has 0 fully saturated rings. The predicted octanol–water partition coefficient (Wildman–Crippen LogP) is 1.76. The number of nitrogens with two attached hydrogens (primary N) is 1. The summed E-state index contributed by atoms with van der Waals surface area (Å²) in [6.07, 6.45) is 1.82. The van der Waals surface area contributed by atoms with Crippen molar-refractivity contribution in [2.24, 2.45) is 0 Å². The van der Waals surface area contributed by atoms with Crippen molar-refractivity contribution in [3.8, 4) is 5.82 Å². The zero-order valence-corrected chi connectivity index (χ0v) is 13.2. The Morgan fingerprint density at radius 3 is 2.71 bits per heavy atom. The summed E-state index contributed by atoms with van der Waals surface area (Å²) in [7, 11) is 0. The molecule has 0 unspecified atom stereocenters. The molecule has 112 valence electrons. The lowest BCUT2D eigenvalue weighted by Gasteiger charge is -2.05. The Bertz CT molecular complexity index is 663. The summed E-state index contributed by atoms with van der Waals surface area (Å²) in [4.78, 5) is 20.5. The fourth-order valence-corrected chi connectivity index (χ4v) is 2.48. The second kappa shape index (κ2) is 6.13. The van der Waals surface area contributed by atoms with E-state index >= 15 is 0 Å². The molecule has 2 N–H and O–H groups in total. The van der Waals surface area contributed by atoms with Crippen molar-refractivity contribution >= 4 is 23.5 Å². The highest BCUT2D eigenvalue weighted by Gasteiger charge is 2.24. The van der Waals surface area contributed by atoms with Gasteiger partial charge in [0.25, 0.3) is 0 Å². The van der Waals surface area contributed by atoms with Gasteiger partial charge in [0.05, 0.1) is 6.61 Å². The molecule has 2 aromatic heterocycles. The van der Waals surface area contributed by atoms with Crippen molar-refractivity contribution in [2.75, 3.05) is 18.6 Å². The van der Waals surface area contributed by atoms with Gasteiger partial charge in [-0.1, -0.05) is 0 Å². The van der Waals surface area contributed by atoms with Crippen LogP contribution in [-0.2, 0) is 4.74 Å². The highest BCUT2D eigenvalue weighted by molar-refractivity contribution is 7.98. The predicted molar refractivity (Wildman–Crippen MR) is 80.8 cm³/mol. The molecule has 0 bridgehead atoms. The second-order valence-electron chi connectivity index (χ2n) is 4.32. The third-order valence-corrected chi connectivity index (χ3v) is 3.40. The number of hydrogen-bond acceptors (Lipinski definition) is 7. The topological polar surface area (TPSA) is 95.9 Å². The van der Waals surface area contributed by atoms with Gasteiger partial charge in [-0.25, -0.2) is 14.8 Å². The maximum atomic E-state index is 12.0. The van der Waals surface area contributed by atoms with Crippen LogP contribution < -0.4 is 5.73 Å². The minimum absolute atomic E-state index is 0.218. The fourth-order valence-electron chi connectivity index (χ4n) is 1.93. The Labute approximate surface area is 126 Å². The minimum atomic E-state index is -0.479. The van der Waals surface area contributed by atoms with Crippen LogP contribution in [-0.4, -0.2) is 38.6 Å². The van der Waals surface area contributed by atoms with Gasteiger partial charge in [-0.15, -0.1) is 11.8 Å². The first-order valence-electron chi connectivity index (χ1n) is 6.40. The number of aromatic nitrogens is 4. The van der Waals surface area contributed by atoms with E-state index in [1.807, 2.05) is 13.2 Å². The number of nitrogen functional groups attached to an aromatic ring is 1. The van der Waals surface area contributed by atoms with Crippen molar-refractivity contribution in [3.63, 3.8) is 0 Å². The molecule has 0 aliphatic heterocycles. The van der Waals surface area contributed by atoms with Crippen LogP contribution >= 0.6 is 11.8 Å². The summed E-state index contributed by atoms with van der Waals surface area (Å²) in [5, 5.41) is 4.86. The zero-order valence-electron chi connectivity index (χ0n) is 12.4. The summed E-state index contributed by atoms with van der Waals surface area (Å²) in [5.41, 5.74) is 7.15. The molecule has 0 aromatic carbocycles. The first kappa shape index (κ1) is 15.3. The smallest absolute Gasteiger partial charge is 0.344 e. The molecule has 0 spiro atoms. The Kier molecular flexibility index (Phi) is 4.46. The number of carbonyl (C=O) groups is 1. The molecule has 2 rings (SSSR count). The fraction of sp³-hybridized carbons (Fsp3) is 0.385. The number of esters is 1. The maximum Gasteiger partial charge on any atom is 0.344 e. The molecular formula is C13H17N5O2S. The van der Waals surface area contributed by atoms with Crippen LogP contribution in [0.15, 0.2) is 11.1 Å². The van der Waals surface area contributed by atoms with E-state index in [0.29, 0.717) is 16.7 Å². The number of nitrogens with zero attached hydrogens (tertiary/aromatic N) is 4. The number of anilines is 1. The summed E-state index contributed by atoms with van der Waals surface area (Å²) in [5.74, 6) is 0.884. The lowest BCUT2D eigenvalue weighted by Crippen LogP contribution is -2.10. The summed E-state index contributed by atoms with van der Waals surface area (Å²) >= 11 is 1.33. The van der Waals surface area contributed by atoms with Crippen LogP contribution in [0.5, 0.6) is 0 Å². The van der Waals surface area contributed by atoms with Gasteiger partial charge in [-0.3, -0.25) is 0 Å².